The summed E-state index contributed by atoms with van der Waals surface area (Å²) in [6, 6.07) is 6.29. The number of benzene rings is 1. The van der Waals surface area contributed by atoms with Crippen molar-refractivity contribution in [3.05, 3.63) is 29.8 Å². The molecule has 88 valence electrons. The summed E-state index contributed by atoms with van der Waals surface area (Å²) in [5, 5.41) is 0. The van der Waals surface area contributed by atoms with Gasteiger partial charge in [0.15, 0.2) is 0 Å². The zero-order valence-corrected chi connectivity index (χ0v) is 8.68. The third kappa shape index (κ3) is 1.89. The Kier molecular flexibility index (Phi) is 2.86. The minimum Gasteiger partial charge on any atom is -0.432 e. The van der Waals surface area contributed by atoms with Crippen LogP contribution in [-0.4, -0.2) is 31.1 Å². The van der Waals surface area contributed by atoms with Gasteiger partial charge in [0.05, 0.1) is 11.3 Å². The number of ether oxygens (including phenoxy) is 1. The van der Waals surface area contributed by atoms with Gasteiger partial charge in [-0.1, -0.05) is 12.1 Å². The summed E-state index contributed by atoms with van der Waals surface area (Å²) in [7, 11) is 0. The second kappa shape index (κ2) is 4.32. The van der Waals surface area contributed by atoms with Crippen molar-refractivity contribution in [1.29, 1.82) is 0 Å². The van der Waals surface area contributed by atoms with Crippen LogP contribution in [0.15, 0.2) is 24.3 Å². The van der Waals surface area contributed by atoms with Crippen molar-refractivity contribution in [2.24, 2.45) is 0 Å². The molecule has 0 bridgehead atoms. The monoisotopic (exact) mass is 237 g/mol. The molecule has 17 heavy (non-hydrogen) atoms. The van der Waals surface area contributed by atoms with Crippen molar-refractivity contribution < 1.29 is 23.5 Å². The third-order valence-corrected chi connectivity index (χ3v) is 2.38. The van der Waals surface area contributed by atoms with Gasteiger partial charge < -0.3 is 4.74 Å². The number of hydrogen-bond acceptors (Lipinski definition) is 4. The Morgan fingerprint density at radius 1 is 1.29 bits per heavy atom. The van der Waals surface area contributed by atoms with E-state index < -0.39 is 31.1 Å². The SMILES string of the molecule is O=C(CN1C(=O)C(=O)c2ccccc21)OCF. The molecule has 6 heteroatoms. The summed E-state index contributed by atoms with van der Waals surface area (Å²) in [6.45, 7) is -1.72. The number of Topliss-reactive ketones (excluding diaryl/α,β-unsaturated/α-hetero) is 1. The molecule has 0 N–H and O–H groups in total. The highest BCUT2D eigenvalue weighted by Crippen LogP contribution is 2.28. The van der Waals surface area contributed by atoms with Crippen LogP contribution in [0.4, 0.5) is 10.1 Å². The highest BCUT2D eigenvalue weighted by atomic mass is 19.1. The summed E-state index contributed by atoms with van der Waals surface area (Å²) in [5.74, 6) is -2.37. The molecule has 5 nitrogen and oxygen atoms in total. The predicted molar refractivity (Wildman–Crippen MR) is 55.2 cm³/mol. The fourth-order valence-electron chi connectivity index (χ4n) is 1.64. The average Bonchev–Trinajstić information content (AvgIpc) is 2.56. The van der Waals surface area contributed by atoms with Gasteiger partial charge in [0.25, 0.3) is 11.7 Å². The van der Waals surface area contributed by atoms with Crippen molar-refractivity contribution in [2.75, 3.05) is 18.3 Å². The minimum absolute atomic E-state index is 0.241. The number of ketones is 1. The van der Waals surface area contributed by atoms with Gasteiger partial charge in [0.1, 0.15) is 6.54 Å². The van der Waals surface area contributed by atoms with Gasteiger partial charge in [-0.2, -0.15) is 0 Å². The van der Waals surface area contributed by atoms with E-state index in [-0.39, 0.29) is 5.56 Å². The van der Waals surface area contributed by atoms with E-state index in [0.717, 1.165) is 4.90 Å². The lowest BCUT2D eigenvalue weighted by Gasteiger charge is -2.14. The first-order chi connectivity index (χ1) is 8.15. The van der Waals surface area contributed by atoms with E-state index in [2.05, 4.69) is 4.74 Å². The number of carbonyl (C=O) groups is 3. The van der Waals surface area contributed by atoms with E-state index in [1.54, 1.807) is 18.2 Å². The molecule has 0 aliphatic carbocycles. The number of rotatable bonds is 3. The summed E-state index contributed by atoms with van der Waals surface area (Å²) < 4.78 is 15.9. The maximum Gasteiger partial charge on any atom is 0.328 e. The van der Waals surface area contributed by atoms with Gasteiger partial charge in [-0.05, 0) is 12.1 Å². The van der Waals surface area contributed by atoms with Crippen LogP contribution in [-0.2, 0) is 14.3 Å². The number of carbonyl (C=O) groups excluding carboxylic acids is 3. The predicted octanol–water partition coefficient (Wildman–Crippen LogP) is 0.686. The Morgan fingerprint density at radius 2 is 2.00 bits per heavy atom. The van der Waals surface area contributed by atoms with Gasteiger partial charge in [-0.3, -0.25) is 19.3 Å². The van der Waals surface area contributed by atoms with Crippen LogP contribution < -0.4 is 4.90 Å². The highest BCUT2D eigenvalue weighted by Gasteiger charge is 2.36. The summed E-state index contributed by atoms with van der Waals surface area (Å²) in [4.78, 5) is 35.2. The molecule has 0 spiro atoms. The number of esters is 1. The molecule has 0 saturated heterocycles. The van der Waals surface area contributed by atoms with Crippen molar-refractivity contribution in [1.82, 2.24) is 0 Å². The van der Waals surface area contributed by atoms with Gasteiger partial charge in [-0.25, -0.2) is 4.39 Å². The molecule has 2 rings (SSSR count). The van der Waals surface area contributed by atoms with E-state index in [4.69, 9.17) is 0 Å². The number of hydrogen-bond donors (Lipinski definition) is 0. The third-order valence-electron chi connectivity index (χ3n) is 2.38. The van der Waals surface area contributed by atoms with Crippen LogP contribution in [0.5, 0.6) is 0 Å². The maximum absolute atomic E-state index is 11.8. The smallest absolute Gasteiger partial charge is 0.328 e. The Balaban J connectivity index is 2.27. The van der Waals surface area contributed by atoms with Crippen molar-refractivity contribution in [3.63, 3.8) is 0 Å². The molecule has 0 fully saturated rings. The molecule has 1 aromatic carbocycles. The second-order valence-corrected chi connectivity index (χ2v) is 3.36. The van der Waals surface area contributed by atoms with Crippen LogP contribution in [0.1, 0.15) is 10.4 Å². The van der Waals surface area contributed by atoms with Gasteiger partial charge in [-0.15, -0.1) is 0 Å². The number of anilines is 1. The quantitative estimate of drug-likeness (QED) is 0.573. The van der Waals surface area contributed by atoms with Crippen molar-refractivity contribution in [3.8, 4) is 0 Å². The maximum atomic E-state index is 11.8. The Hall–Kier alpha value is -2.24. The van der Waals surface area contributed by atoms with Crippen LogP contribution in [0.25, 0.3) is 0 Å². The second-order valence-electron chi connectivity index (χ2n) is 3.36. The Labute approximate surface area is 95.8 Å². The fourth-order valence-corrected chi connectivity index (χ4v) is 1.64. The van der Waals surface area contributed by atoms with Gasteiger partial charge in [0, 0.05) is 0 Å². The lowest BCUT2D eigenvalue weighted by Crippen LogP contribution is -2.35. The van der Waals surface area contributed by atoms with Crippen LogP contribution >= 0.6 is 0 Å². The van der Waals surface area contributed by atoms with Crippen molar-refractivity contribution >= 4 is 23.3 Å². The Bertz CT molecular complexity index is 500. The molecule has 1 amide bonds. The molecule has 0 unspecified atom stereocenters. The number of halogens is 1. The number of para-hydroxylation sites is 1. The Morgan fingerprint density at radius 3 is 2.71 bits per heavy atom. The number of alkyl halides is 1. The average molecular weight is 237 g/mol. The summed E-state index contributed by atoms with van der Waals surface area (Å²) in [5.41, 5.74) is 0.587. The number of fused-ring (bicyclic) bond motifs is 1. The summed E-state index contributed by atoms with van der Waals surface area (Å²) in [6.07, 6.45) is 0. The molecule has 0 atom stereocenters. The molecule has 0 aromatic heterocycles. The normalized spacial score (nSPS) is 13.8. The first kappa shape index (κ1) is 11.3. The summed E-state index contributed by atoms with van der Waals surface area (Å²) >= 11 is 0. The van der Waals surface area contributed by atoms with Gasteiger partial charge in [0.2, 0.25) is 6.86 Å². The molecule has 0 radical (unpaired) electrons. The fraction of sp³-hybridized carbons (Fsp3) is 0.182. The lowest BCUT2D eigenvalue weighted by molar-refractivity contribution is -0.146. The zero-order valence-electron chi connectivity index (χ0n) is 8.68. The van der Waals surface area contributed by atoms with Crippen LogP contribution in [0, 0.1) is 0 Å². The van der Waals surface area contributed by atoms with E-state index in [9.17, 15) is 18.8 Å². The highest BCUT2D eigenvalue weighted by molar-refractivity contribution is 6.52. The number of nitrogens with zero attached hydrogens (tertiary/aromatic N) is 1. The molecule has 1 aliphatic rings. The standard InChI is InChI=1S/C11H8FNO4/c12-6-17-9(14)5-13-8-4-2-1-3-7(8)10(15)11(13)16/h1-4H,5-6H2. The first-order valence-corrected chi connectivity index (χ1v) is 4.82. The molecule has 1 aromatic rings. The first-order valence-electron chi connectivity index (χ1n) is 4.82. The molecular formula is C11H8FNO4. The molecule has 0 saturated carbocycles. The van der Waals surface area contributed by atoms with E-state index in [1.807, 2.05) is 0 Å². The molecular weight excluding hydrogens is 229 g/mol. The van der Waals surface area contributed by atoms with Crippen molar-refractivity contribution in [2.45, 2.75) is 0 Å². The largest absolute Gasteiger partial charge is 0.432 e. The topological polar surface area (TPSA) is 63.7 Å². The van der Waals surface area contributed by atoms with E-state index in [0.29, 0.717) is 5.69 Å². The van der Waals surface area contributed by atoms with Gasteiger partial charge >= 0.3 is 5.97 Å². The zero-order chi connectivity index (χ0) is 12.4. The minimum atomic E-state index is -1.25. The van der Waals surface area contributed by atoms with E-state index >= 15 is 0 Å². The molecule has 1 heterocycles. The number of amides is 1. The van der Waals surface area contributed by atoms with Crippen LogP contribution in [0.2, 0.25) is 0 Å². The molecule has 1 aliphatic heterocycles. The lowest BCUT2D eigenvalue weighted by atomic mass is 10.1. The van der Waals surface area contributed by atoms with E-state index in [1.165, 1.54) is 6.07 Å². The van der Waals surface area contributed by atoms with Crippen LogP contribution in [0.3, 0.4) is 0 Å².